The Kier molecular flexibility index (Phi) is 4.28. The molecule has 2 heterocycles. The second kappa shape index (κ2) is 6.99. The topological polar surface area (TPSA) is 28.0 Å². The van der Waals surface area contributed by atoms with Crippen molar-refractivity contribution < 1.29 is 13.2 Å². The smallest absolute Gasteiger partial charge is 0.325 e. The lowest BCUT2D eigenvalue weighted by Gasteiger charge is -2.32. The van der Waals surface area contributed by atoms with Crippen molar-refractivity contribution >= 4 is 22.9 Å². The molecule has 2 aliphatic rings. The lowest BCUT2D eigenvalue weighted by atomic mass is 10.0. The summed E-state index contributed by atoms with van der Waals surface area (Å²) in [6.45, 7) is 0.616. The zero-order chi connectivity index (χ0) is 20.7. The number of para-hydroxylation sites is 1. The minimum atomic E-state index is -4.37. The predicted molar refractivity (Wildman–Crippen MR) is 111 cm³/mol. The Morgan fingerprint density at radius 1 is 0.733 bits per heavy atom. The van der Waals surface area contributed by atoms with Crippen molar-refractivity contribution in [2.24, 2.45) is 9.98 Å². The molecular weight excluding hydrogens is 387 g/mol. The van der Waals surface area contributed by atoms with Crippen LogP contribution in [0.3, 0.4) is 0 Å². The van der Waals surface area contributed by atoms with Crippen LogP contribution in [0.1, 0.15) is 22.3 Å². The molecule has 0 amide bonds. The summed E-state index contributed by atoms with van der Waals surface area (Å²) in [7, 11) is 0. The van der Waals surface area contributed by atoms with Crippen LogP contribution in [-0.4, -0.2) is 16.4 Å². The largest absolute Gasteiger partial charge is 0.416 e. The van der Waals surface area contributed by atoms with E-state index in [1.165, 1.54) is 12.1 Å². The summed E-state index contributed by atoms with van der Waals surface area (Å²) >= 11 is 0. The molecule has 5 rings (SSSR count). The third kappa shape index (κ3) is 3.30. The maximum Gasteiger partial charge on any atom is 0.416 e. The Labute approximate surface area is 171 Å². The molecular formula is C24H16F3N3. The molecule has 0 aliphatic carbocycles. The second-order valence-corrected chi connectivity index (χ2v) is 7.11. The molecule has 0 N–H and O–H groups in total. The van der Waals surface area contributed by atoms with Crippen LogP contribution in [-0.2, 0) is 12.7 Å². The van der Waals surface area contributed by atoms with Crippen LogP contribution in [0.4, 0.5) is 18.9 Å². The standard InChI is InChI=1S/C24H16F3N3/c25-24(26,27)19-12-10-16(11-13-19)21-15-30-14-18-8-4-5-9-20(18)29-23(30)22(28-21)17-6-2-1-3-7-17/h1-13,15H,14H2. The average molecular weight is 403 g/mol. The highest BCUT2D eigenvalue weighted by Gasteiger charge is 2.31. The van der Waals surface area contributed by atoms with Gasteiger partial charge in [0, 0.05) is 17.3 Å². The fraction of sp³-hybridized carbons (Fsp3) is 0.0833. The second-order valence-electron chi connectivity index (χ2n) is 7.11. The SMILES string of the molecule is FC(F)(F)c1ccc(C2=CN3Cc4ccccc4N=C3C(c3ccccc3)=N2)cc1. The summed E-state index contributed by atoms with van der Waals surface area (Å²) < 4.78 is 38.8. The quantitative estimate of drug-likeness (QED) is 0.512. The molecule has 148 valence electrons. The number of alkyl halides is 3. The molecule has 0 saturated carbocycles. The van der Waals surface area contributed by atoms with Crippen molar-refractivity contribution in [2.45, 2.75) is 12.7 Å². The highest BCUT2D eigenvalue weighted by molar-refractivity contribution is 6.49. The maximum atomic E-state index is 12.9. The molecule has 30 heavy (non-hydrogen) atoms. The van der Waals surface area contributed by atoms with Gasteiger partial charge in [0.1, 0.15) is 5.71 Å². The number of halogens is 3. The molecule has 0 spiro atoms. The van der Waals surface area contributed by atoms with E-state index < -0.39 is 11.7 Å². The molecule has 3 aromatic carbocycles. The van der Waals surface area contributed by atoms with Gasteiger partial charge < -0.3 is 4.90 Å². The summed E-state index contributed by atoms with van der Waals surface area (Å²) in [4.78, 5) is 11.6. The zero-order valence-corrected chi connectivity index (χ0v) is 15.8. The number of nitrogens with zero attached hydrogens (tertiary/aromatic N) is 3. The van der Waals surface area contributed by atoms with E-state index in [1.54, 1.807) is 0 Å². The number of benzene rings is 3. The molecule has 3 aromatic rings. The Morgan fingerprint density at radius 3 is 2.17 bits per heavy atom. The third-order valence-electron chi connectivity index (χ3n) is 5.11. The summed E-state index contributed by atoms with van der Waals surface area (Å²) in [5, 5.41) is 0. The van der Waals surface area contributed by atoms with Gasteiger partial charge >= 0.3 is 6.18 Å². The van der Waals surface area contributed by atoms with Gasteiger partial charge in [-0.1, -0.05) is 60.7 Å². The fourth-order valence-corrected chi connectivity index (χ4v) is 3.59. The molecule has 3 nitrogen and oxygen atoms in total. The Balaban J connectivity index is 1.62. The molecule has 0 unspecified atom stereocenters. The summed E-state index contributed by atoms with van der Waals surface area (Å²) in [5.74, 6) is 0.732. The molecule has 0 atom stereocenters. The highest BCUT2D eigenvalue weighted by atomic mass is 19.4. The first kappa shape index (κ1) is 18.4. The number of aliphatic imine (C=N–C) groups is 2. The number of fused-ring (bicyclic) bond motifs is 2. The molecule has 0 aromatic heterocycles. The molecule has 0 fully saturated rings. The monoisotopic (exact) mass is 403 g/mol. The summed E-state index contributed by atoms with van der Waals surface area (Å²) in [6, 6.07) is 22.7. The van der Waals surface area contributed by atoms with Crippen molar-refractivity contribution in [3.8, 4) is 0 Å². The maximum absolute atomic E-state index is 12.9. The minimum Gasteiger partial charge on any atom is -0.325 e. The van der Waals surface area contributed by atoms with Crippen molar-refractivity contribution in [1.29, 1.82) is 0 Å². The van der Waals surface area contributed by atoms with Crippen molar-refractivity contribution in [3.05, 3.63) is 107 Å². The Hall–Kier alpha value is -3.67. The van der Waals surface area contributed by atoms with Crippen LogP contribution in [0.5, 0.6) is 0 Å². The van der Waals surface area contributed by atoms with E-state index in [2.05, 4.69) is 0 Å². The van der Waals surface area contributed by atoms with Crippen LogP contribution < -0.4 is 0 Å². The lowest BCUT2D eigenvalue weighted by Crippen LogP contribution is -2.37. The average Bonchev–Trinajstić information content (AvgIpc) is 2.77. The first-order valence-electron chi connectivity index (χ1n) is 9.46. The van der Waals surface area contributed by atoms with E-state index in [1.807, 2.05) is 65.7 Å². The first-order chi connectivity index (χ1) is 14.5. The molecule has 0 saturated heterocycles. The normalized spacial score (nSPS) is 15.6. The highest BCUT2D eigenvalue weighted by Crippen LogP contribution is 2.34. The Bertz CT molecular complexity index is 1190. The molecule has 0 bridgehead atoms. The fourth-order valence-electron chi connectivity index (χ4n) is 3.59. The van der Waals surface area contributed by atoms with Gasteiger partial charge in [-0.2, -0.15) is 13.2 Å². The lowest BCUT2D eigenvalue weighted by molar-refractivity contribution is -0.137. The van der Waals surface area contributed by atoms with Crippen LogP contribution in [0, 0.1) is 0 Å². The minimum absolute atomic E-state index is 0.598. The van der Waals surface area contributed by atoms with Gasteiger partial charge in [0.05, 0.1) is 23.5 Å². The third-order valence-corrected chi connectivity index (χ3v) is 5.11. The van der Waals surface area contributed by atoms with Gasteiger partial charge in [0.15, 0.2) is 5.84 Å². The van der Waals surface area contributed by atoms with Crippen LogP contribution >= 0.6 is 0 Å². The predicted octanol–water partition coefficient (Wildman–Crippen LogP) is 6.05. The number of amidine groups is 1. The van der Waals surface area contributed by atoms with Gasteiger partial charge in [0.25, 0.3) is 0 Å². The number of hydrogen-bond donors (Lipinski definition) is 0. The molecule has 6 heteroatoms. The van der Waals surface area contributed by atoms with Gasteiger partial charge in [-0.15, -0.1) is 0 Å². The van der Waals surface area contributed by atoms with E-state index >= 15 is 0 Å². The van der Waals surface area contributed by atoms with Crippen molar-refractivity contribution in [1.82, 2.24) is 4.90 Å². The van der Waals surface area contributed by atoms with E-state index in [9.17, 15) is 13.2 Å². The zero-order valence-electron chi connectivity index (χ0n) is 15.8. The number of hydrogen-bond acceptors (Lipinski definition) is 3. The first-order valence-corrected chi connectivity index (χ1v) is 9.46. The van der Waals surface area contributed by atoms with E-state index in [0.29, 0.717) is 23.5 Å². The van der Waals surface area contributed by atoms with Crippen LogP contribution in [0.25, 0.3) is 5.70 Å². The van der Waals surface area contributed by atoms with Crippen LogP contribution in [0.2, 0.25) is 0 Å². The van der Waals surface area contributed by atoms with E-state index in [-0.39, 0.29) is 0 Å². The van der Waals surface area contributed by atoms with Crippen molar-refractivity contribution in [3.63, 3.8) is 0 Å². The van der Waals surface area contributed by atoms with Gasteiger partial charge in [-0.05, 0) is 23.8 Å². The Morgan fingerprint density at radius 2 is 1.43 bits per heavy atom. The van der Waals surface area contributed by atoms with Crippen LogP contribution in [0.15, 0.2) is 95.0 Å². The number of rotatable bonds is 2. The van der Waals surface area contributed by atoms with Gasteiger partial charge in [-0.3, -0.25) is 0 Å². The molecule has 0 radical (unpaired) electrons. The molecule has 2 aliphatic heterocycles. The van der Waals surface area contributed by atoms with Gasteiger partial charge in [0.2, 0.25) is 0 Å². The van der Waals surface area contributed by atoms with Gasteiger partial charge in [-0.25, -0.2) is 9.98 Å². The van der Waals surface area contributed by atoms with E-state index in [0.717, 1.165) is 34.8 Å². The van der Waals surface area contributed by atoms with E-state index in [4.69, 9.17) is 9.98 Å². The van der Waals surface area contributed by atoms with Crippen molar-refractivity contribution in [2.75, 3.05) is 0 Å². The summed E-state index contributed by atoms with van der Waals surface area (Å²) in [6.07, 6.45) is -2.52. The summed E-state index contributed by atoms with van der Waals surface area (Å²) in [5.41, 5.74) is 4.12.